The first kappa shape index (κ1) is 19.4. The minimum Gasteiger partial charge on any atom is -0.497 e. The lowest BCUT2D eigenvalue weighted by molar-refractivity contribution is 0.102. The van der Waals surface area contributed by atoms with Crippen molar-refractivity contribution in [3.8, 4) is 5.75 Å². The Balaban J connectivity index is 1.58. The maximum absolute atomic E-state index is 12.5. The molecule has 0 saturated carbocycles. The number of anilines is 2. The van der Waals surface area contributed by atoms with E-state index in [-0.39, 0.29) is 5.91 Å². The predicted octanol–water partition coefficient (Wildman–Crippen LogP) is 4.01. The fourth-order valence-corrected chi connectivity index (χ4v) is 2.70. The van der Waals surface area contributed by atoms with Crippen molar-refractivity contribution in [1.29, 1.82) is 0 Å². The first-order chi connectivity index (χ1) is 13.5. The lowest BCUT2D eigenvalue weighted by Gasteiger charge is -2.09. The molecule has 0 aliphatic rings. The Morgan fingerprint density at radius 3 is 2.54 bits per heavy atom. The van der Waals surface area contributed by atoms with Crippen molar-refractivity contribution in [1.82, 2.24) is 9.97 Å². The van der Waals surface area contributed by atoms with Crippen LogP contribution in [0.2, 0.25) is 0 Å². The number of amides is 1. The standard InChI is InChI=1S/C22H24N4O2/c1-15-4-7-18(14-16(15)2)25-21(27)20-11-13-24-22(26-20)23-12-10-17-5-8-19(28-3)9-6-17/h4-9,11,13-14H,10,12H2,1-3H3,(H,25,27)(H,23,24,26). The molecular formula is C22H24N4O2. The lowest BCUT2D eigenvalue weighted by atomic mass is 10.1. The Kier molecular flexibility index (Phi) is 6.22. The number of methoxy groups -OCH3 is 1. The van der Waals surface area contributed by atoms with Gasteiger partial charge in [0, 0.05) is 18.4 Å². The molecule has 0 aliphatic heterocycles. The molecular weight excluding hydrogens is 352 g/mol. The zero-order chi connectivity index (χ0) is 19.9. The number of aryl methyl sites for hydroxylation is 2. The Morgan fingerprint density at radius 2 is 1.82 bits per heavy atom. The summed E-state index contributed by atoms with van der Waals surface area (Å²) >= 11 is 0. The van der Waals surface area contributed by atoms with Gasteiger partial charge < -0.3 is 15.4 Å². The minimum absolute atomic E-state index is 0.260. The van der Waals surface area contributed by atoms with Crippen molar-refractivity contribution in [2.75, 3.05) is 24.3 Å². The topological polar surface area (TPSA) is 76.1 Å². The van der Waals surface area contributed by atoms with Gasteiger partial charge in [-0.2, -0.15) is 0 Å². The average Bonchev–Trinajstić information content (AvgIpc) is 2.71. The van der Waals surface area contributed by atoms with Crippen LogP contribution in [-0.2, 0) is 6.42 Å². The van der Waals surface area contributed by atoms with Crippen LogP contribution in [0, 0.1) is 13.8 Å². The van der Waals surface area contributed by atoms with Gasteiger partial charge in [0.1, 0.15) is 11.4 Å². The van der Waals surface area contributed by atoms with Crippen LogP contribution in [0.3, 0.4) is 0 Å². The van der Waals surface area contributed by atoms with Crippen LogP contribution < -0.4 is 15.4 Å². The van der Waals surface area contributed by atoms with E-state index in [0.717, 1.165) is 23.4 Å². The van der Waals surface area contributed by atoms with E-state index in [1.807, 2.05) is 56.3 Å². The number of benzene rings is 2. The third-order valence-electron chi connectivity index (χ3n) is 4.51. The van der Waals surface area contributed by atoms with Gasteiger partial charge >= 0.3 is 0 Å². The van der Waals surface area contributed by atoms with Crippen LogP contribution in [0.4, 0.5) is 11.6 Å². The van der Waals surface area contributed by atoms with E-state index in [0.29, 0.717) is 18.2 Å². The van der Waals surface area contributed by atoms with Gasteiger partial charge in [-0.25, -0.2) is 9.97 Å². The molecule has 1 heterocycles. The number of nitrogens with one attached hydrogen (secondary N) is 2. The van der Waals surface area contributed by atoms with Gasteiger partial charge in [0.2, 0.25) is 5.95 Å². The largest absolute Gasteiger partial charge is 0.497 e. The van der Waals surface area contributed by atoms with Crippen LogP contribution in [0.1, 0.15) is 27.2 Å². The molecule has 0 fully saturated rings. The molecule has 0 spiro atoms. The highest BCUT2D eigenvalue weighted by atomic mass is 16.5. The van der Waals surface area contributed by atoms with Gasteiger partial charge in [0.15, 0.2) is 0 Å². The highest BCUT2D eigenvalue weighted by Crippen LogP contribution is 2.15. The number of ether oxygens (including phenoxy) is 1. The SMILES string of the molecule is COc1ccc(CCNc2nccc(C(=O)Nc3ccc(C)c(C)c3)n2)cc1. The summed E-state index contributed by atoms with van der Waals surface area (Å²) in [6.07, 6.45) is 2.39. The number of hydrogen-bond acceptors (Lipinski definition) is 5. The van der Waals surface area contributed by atoms with Crippen molar-refractivity contribution in [3.63, 3.8) is 0 Å². The number of aromatic nitrogens is 2. The molecule has 0 aliphatic carbocycles. The molecule has 1 aromatic heterocycles. The van der Waals surface area contributed by atoms with Crippen LogP contribution in [-0.4, -0.2) is 29.5 Å². The van der Waals surface area contributed by atoms with E-state index in [4.69, 9.17) is 4.74 Å². The molecule has 3 aromatic rings. The van der Waals surface area contributed by atoms with Crippen molar-refractivity contribution in [3.05, 3.63) is 77.1 Å². The van der Waals surface area contributed by atoms with E-state index in [9.17, 15) is 4.79 Å². The van der Waals surface area contributed by atoms with E-state index in [2.05, 4.69) is 20.6 Å². The third kappa shape index (κ3) is 5.07. The highest BCUT2D eigenvalue weighted by Gasteiger charge is 2.10. The number of hydrogen-bond donors (Lipinski definition) is 2. The van der Waals surface area contributed by atoms with Gasteiger partial charge in [-0.15, -0.1) is 0 Å². The summed E-state index contributed by atoms with van der Waals surface area (Å²) in [5.41, 5.74) is 4.56. The van der Waals surface area contributed by atoms with Gasteiger partial charge in [0.05, 0.1) is 7.11 Å². The van der Waals surface area contributed by atoms with Crippen molar-refractivity contribution in [2.24, 2.45) is 0 Å². The van der Waals surface area contributed by atoms with Crippen molar-refractivity contribution < 1.29 is 9.53 Å². The number of carbonyl (C=O) groups excluding carboxylic acids is 1. The summed E-state index contributed by atoms with van der Waals surface area (Å²) in [6, 6.07) is 15.3. The molecule has 1 amide bonds. The number of rotatable bonds is 7. The van der Waals surface area contributed by atoms with Crippen LogP contribution in [0.5, 0.6) is 5.75 Å². The Hall–Kier alpha value is -3.41. The van der Waals surface area contributed by atoms with E-state index < -0.39 is 0 Å². The second-order valence-corrected chi connectivity index (χ2v) is 6.54. The number of carbonyl (C=O) groups is 1. The maximum atomic E-state index is 12.5. The molecule has 28 heavy (non-hydrogen) atoms. The minimum atomic E-state index is -0.260. The molecule has 6 heteroatoms. The maximum Gasteiger partial charge on any atom is 0.274 e. The zero-order valence-electron chi connectivity index (χ0n) is 16.3. The van der Waals surface area contributed by atoms with Crippen LogP contribution in [0.15, 0.2) is 54.7 Å². The van der Waals surface area contributed by atoms with Crippen LogP contribution >= 0.6 is 0 Å². The molecule has 0 atom stereocenters. The third-order valence-corrected chi connectivity index (χ3v) is 4.51. The van der Waals surface area contributed by atoms with Crippen LogP contribution in [0.25, 0.3) is 0 Å². The number of nitrogens with zero attached hydrogens (tertiary/aromatic N) is 2. The van der Waals surface area contributed by atoms with Crippen molar-refractivity contribution >= 4 is 17.5 Å². The van der Waals surface area contributed by atoms with E-state index >= 15 is 0 Å². The second kappa shape index (κ2) is 8.99. The average molecular weight is 376 g/mol. The van der Waals surface area contributed by atoms with Gasteiger partial charge in [-0.1, -0.05) is 18.2 Å². The predicted molar refractivity (Wildman–Crippen MR) is 111 cm³/mol. The summed E-state index contributed by atoms with van der Waals surface area (Å²) < 4.78 is 5.16. The monoisotopic (exact) mass is 376 g/mol. The van der Waals surface area contributed by atoms with E-state index in [1.165, 1.54) is 11.1 Å². The summed E-state index contributed by atoms with van der Waals surface area (Å²) in [5, 5.41) is 6.04. The Morgan fingerprint density at radius 1 is 1.04 bits per heavy atom. The highest BCUT2D eigenvalue weighted by molar-refractivity contribution is 6.03. The first-order valence-electron chi connectivity index (χ1n) is 9.13. The van der Waals surface area contributed by atoms with Gasteiger partial charge in [0.25, 0.3) is 5.91 Å². The summed E-state index contributed by atoms with van der Waals surface area (Å²) in [7, 11) is 1.65. The fourth-order valence-electron chi connectivity index (χ4n) is 2.70. The molecule has 0 radical (unpaired) electrons. The van der Waals surface area contributed by atoms with Crippen molar-refractivity contribution in [2.45, 2.75) is 20.3 Å². The lowest BCUT2D eigenvalue weighted by Crippen LogP contribution is -2.16. The van der Waals surface area contributed by atoms with Gasteiger partial charge in [-0.05, 0) is 67.3 Å². The molecule has 144 valence electrons. The Labute approximate surface area is 165 Å². The second-order valence-electron chi connectivity index (χ2n) is 6.54. The van der Waals surface area contributed by atoms with E-state index in [1.54, 1.807) is 19.4 Å². The molecule has 6 nitrogen and oxygen atoms in total. The molecule has 3 rings (SSSR count). The smallest absolute Gasteiger partial charge is 0.274 e. The normalized spacial score (nSPS) is 10.4. The molecule has 2 N–H and O–H groups in total. The fraction of sp³-hybridized carbons (Fsp3) is 0.227. The summed E-state index contributed by atoms with van der Waals surface area (Å²) in [5.74, 6) is 1.01. The first-order valence-corrected chi connectivity index (χ1v) is 9.13. The molecule has 0 bridgehead atoms. The quantitative estimate of drug-likeness (QED) is 0.652. The molecule has 2 aromatic carbocycles. The summed E-state index contributed by atoms with van der Waals surface area (Å²) in [4.78, 5) is 21.0. The summed E-state index contributed by atoms with van der Waals surface area (Å²) in [6.45, 7) is 4.71. The molecule has 0 unspecified atom stereocenters. The molecule has 0 saturated heterocycles. The van der Waals surface area contributed by atoms with Gasteiger partial charge in [-0.3, -0.25) is 4.79 Å². The Bertz CT molecular complexity index is 955. The zero-order valence-corrected chi connectivity index (χ0v) is 16.3.